The number of esters is 2. The third kappa shape index (κ3) is 6.66. The van der Waals surface area contributed by atoms with Crippen LogP contribution in [0.4, 0.5) is 0 Å². The van der Waals surface area contributed by atoms with Crippen LogP contribution in [0.3, 0.4) is 0 Å². The third-order valence-corrected chi connectivity index (χ3v) is 2.67. The SMILES string of the molecule is CC(=O)OCC(O)[C@@H](O)C(OCc1ccccc1)OC(C)=O. The van der Waals surface area contributed by atoms with E-state index in [-0.39, 0.29) is 6.61 Å². The maximum Gasteiger partial charge on any atom is 0.305 e. The molecule has 0 bridgehead atoms. The molecule has 3 atom stereocenters. The van der Waals surface area contributed by atoms with Crippen molar-refractivity contribution < 1.29 is 34.0 Å². The normalized spacial score (nSPS) is 14.7. The molecule has 0 fully saturated rings. The van der Waals surface area contributed by atoms with Gasteiger partial charge in [0.15, 0.2) is 0 Å². The monoisotopic (exact) mass is 312 g/mol. The van der Waals surface area contributed by atoms with Gasteiger partial charge in [-0.15, -0.1) is 0 Å². The first-order chi connectivity index (χ1) is 10.4. The summed E-state index contributed by atoms with van der Waals surface area (Å²) in [6.07, 6.45) is -4.36. The van der Waals surface area contributed by atoms with E-state index in [0.717, 1.165) is 12.5 Å². The molecule has 0 saturated heterocycles. The Bertz CT molecular complexity index is 474. The fourth-order valence-electron chi connectivity index (χ4n) is 1.60. The Labute approximate surface area is 128 Å². The van der Waals surface area contributed by atoms with Gasteiger partial charge in [-0.05, 0) is 5.56 Å². The third-order valence-electron chi connectivity index (χ3n) is 2.67. The van der Waals surface area contributed by atoms with E-state index in [1.165, 1.54) is 6.92 Å². The van der Waals surface area contributed by atoms with Crippen molar-refractivity contribution in [3.63, 3.8) is 0 Å². The van der Waals surface area contributed by atoms with E-state index in [1.807, 2.05) is 18.2 Å². The molecule has 0 saturated carbocycles. The lowest BCUT2D eigenvalue weighted by molar-refractivity contribution is -0.222. The standard InChI is InChI=1S/C15H20O7/c1-10(16)20-9-13(18)14(19)15(22-11(2)17)21-8-12-6-4-3-5-7-12/h3-7,13-15,18-19H,8-9H2,1-2H3/t13?,14-,15?/m1/s1. The summed E-state index contributed by atoms with van der Waals surface area (Å²) >= 11 is 0. The first kappa shape index (κ1) is 18.1. The zero-order chi connectivity index (χ0) is 16.5. The molecule has 7 nitrogen and oxygen atoms in total. The van der Waals surface area contributed by atoms with Gasteiger partial charge in [-0.25, -0.2) is 0 Å². The van der Waals surface area contributed by atoms with Crippen LogP contribution in [-0.4, -0.2) is 47.3 Å². The highest BCUT2D eigenvalue weighted by molar-refractivity contribution is 5.66. The Balaban J connectivity index is 2.61. The second-order valence-corrected chi connectivity index (χ2v) is 4.63. The zero-order valence-corrected chi connectivity index (χ0v) is 12.5. The number of ether oxygens (including phenoxy) is 3. The summed E-state index contributed by atoms with van der Waals surface area (Å²) in [5.41, 5.74) is 0.807. The highest BCUT2D eigenvalue weighted by Gasteiger charge is 2.30. The second-order valence-electron chi connectivity index (χ2n) is 4.63. The summed E-state index contributed by atoms with van der Waals surface area (Å²) in [7, 11) is 0. The number of aliphatic hydroxyl groups is 2. The summed E-state index contributed by atoms with van der Waals surface area (Å²) < 4.78 is 14.8. The molecule has 0 aromatic heterocycles. The number of carbonyl (C=O) groups excluding carboxylic acids is 2. The lowest BCUT2D eigenvalue weighted by Gasteiger charge is -2.26. The molecular formula is C15H20O7. The van der Waals surface area contributed by atoms with Crippen LogP contribution in [0, 0.1) is 0 Å². The molecule has 0 aliphatic rings. The van der Waals surface area contributed by atoms with Crippen LogP contribution in [0.2, 0.25) is 0 Å². The first-order valence-corrected chi connectivity index (χ1v) is 6.72. The van der Waals surface area contributed by atoms with E-state index in [4.69, 9.17) is 9.47 Å². The average Bonchev–Trinajstić information content (AvgIpc) is 2.49. The van der Waals surface area contributed by atoms with Crippen LogP contribution in [-0.2, 0) is 30.4 Å². The van der Waals surface area contributed by atoms with E-state index in [2.05, 4.69) is 4.74 Å². The van der Waals surface area contributed by atoms with E-state index in [0.29, 0.717) is 0 Å². The number of benzene rings is 1. The summed E-state index contributed by atoms with van der Waals surface area (Å²) in [4.78, 5) is 21.8. The van der Waals surface area contributed by atoms with Crippen LogP contribution >= 0.6 is 0 Å². The molecule has 1 aromatic rings. The zero-order valence-electron chi connectivity index (χ0n) is 12.5. The Hall–Kier alpha value is -1.96. The van der Waals surface area contributed by atoms with E-state index < -0.39 is 37.0 Å². The van der Waals surface area contributed by atoms with Crippen molar-refractivity contribution in [1.29, 1.82) is 0 Å². The molecule has 2 N–H and O–H groups in total. The first-order valence-electron chi connectivity index (χ1n) is 6.72. The predicted molar refractivity (Wildman–Crippen MR) is 75.4 cm³/mol. The topological polar surface area (TPSA) is 102 Å². The van der Waals surface area contributed by atoms with Gasteiger partial charge in [-0.3, -0.25) is 9.59 Å². The van der Waals surface area contributed by atoms with Crippen molar-refractivity contribution in [3.05, 3.63) is 35.9 Å². The highest BCUT2D eigenvalue weighted by Crippen LogP contribution is 2.11. The fraction of sp³-hybridized carbons (Fsp3) is 0.467. The molecule has 0 aliphatic heterocycles. The molecule has 0 aliphatic carbocycles. The van der Waals surface area contributed by atoms with Gasteiger partial charge in [0.05, 0.1) is 6.61 Å². The van der Waals surface area contributed by atoms with E-state index >= 15 is 0 Å². The lowest BCUT2D eigenvalue weighted by Crippen LogP contribution is -2.44. The van der Waals surface area contributed by atoms with Crippen LogP contribution in [0.1, 0.15) is 19.4 Å². The molecule has 0 heterocycles. The molecular weight excluding hydrogens is 292 g/mol. The quantitative estimate of drug-likeness (QED) is 0.528. The minimum absolute atomic E-state index is 0.0795. The Morgan fingerprint density at radius 3 is 2.27 bits per heavy atom. The van der Waals surface area contributed by atoms with Crippen molar-refractivity contribution in [2.24, 2.45) is 0 Å². The van der Waals surface area contributed by atoms with Crippen molar-refractivity contribution in [3.8, 4) is 0 Å². The van der Waals surface area contributed by atoms with Gasteiger partial charge in [-0.1, -0.05) is 30.3 Å². The maximum atomic E-state index is 11.1. The molecule has 122 valence electrons. The van der Waals surface area contributed by atoms with Gasteiger partial charge in [0, 0.05) is 13.8 Å². The Morgan fingerprint density at radius 2 is 1.73 bits per heavy atom. The van der Waals surface area contributed by atoms with Gasteiger partial charge in [0.2, 0.25) is 6.29 Å². The Morgan fingerprint density at radius 1 is 1.09 bits per heavy atom. The number of hydrogen-bond donors (Lipinski definition) is 2. The van der Waals surface area contributed by atoms with Gasteiger partial charge >= 0.3 is 11.9 Å². The average molecular weight is 312 g/mol. The number of hydrogen-bond acceptors (Lipinski definition) is 7. The Kier molecular flexibility index (Phi) is 7.51. The van der Waals surface area contributed by atoms with Gasteiger partial charge in [-0.2, -0.15) is 0 Å². The smallest absolute Gasteiger partial charge is 0.305 e. The molecule has 22 heavy (non-hydrogen) atoms. The van der Waals surface area contributed by atoms with Crippen molar-refractivity contribution in [1.82, 2.24) is 0 Å². The number of rotatable bonds is 8. The second kappa shape index (κ2) is 9.14. The molecule has 2 unspecified atom stereocenters. The van der Waals surface area contributed by atoms with Crippen molar-refractivity contribution >= 4 is 11.9 Å². The summed E-state index contributed by atoms with van der Waals surface area (Å²) in [6, 6.07) is 9.06. The summed E-state index contributed by atoms with van der Waals surface area (Å²) in [6.45, 7) is 1.98. The molecule has 0 spiro atoms. The fourth-order valence-corrected chi connectivity index (χ4v) is 1.60. The predicted octanol–water partition coefficient (Wildman–Crippen LogP) is 0.377. The minimum atomic E-state index is -1.55. The van der Waals surface area contributed by atoms with Crippen LogP contribution in [0.25, 0.3) is 0 Å². The molecule has 7 heteroatoms. The van der Waals surface area contributed by atoms with Gasteiger partial charge in [0.1, 0.15) is 18.8 Å². The number of carbonyl (C=O) groups is 2. The lowest BCUT2D eigenvalue weighted by atomic mass is 10.2. The summed E-state index contributed by atoms with van der Waals surface area (Å²) in [5.74, 6) is -1.27. The molecule has 0 radical (unpaired) electrons. The van der Waals surface area contributed by atoms with E-state index in [1.54, 1.807) is 12.1 Å². The highest BCUT2D eigenvalue weighted by atomic mass is 16.7. The van der Waals surface area contributed by atoms with E-state index in [9.17, 15) is 19.8 Å². The molecule has 1 aromatic carbocycles. The molecule has 0 amide bonds. The number of aliphatic hydroxyl groups excluding tert-OH is 2. The van der Waals surface area contributed by atoms with Crippen LogP contribution < -0.4 is 0 Å². The maximum absolute atomic E-state index is 11.1. The van der Waals surface area contributed by atoms with Crippen LogP contribution in [0.15, 0.2) is 30.3 Å². The molecule has 1 rings (SSSR count). The summed E-state index contributed by atoms with van der Waals surface area (Å²) in [5, 5.41) is 19.7. The van der Waals surface area contributed by atoms with Gasteiger partial charge < -0.3 is 24.4 Å². The van der Waals surface area contributed by atoms with Gasteiger partial charge in [0.25, 0.3) is 0 Å². The largest absolute Gasteiger partial charge is 0.463 e. The minimum Gasteiger partial charge on any atom is -0.463 e. The van der Waals surface area contributed by atoms with Crippen molar-refractivity contribution in [2.45, 2.75) is 39.0 Å². The van der Waals surface area contributed by atoms with Crippen molar-refractivity contribution in [2.75, 3.05) is 6.61 Å². The van der Waals surface area contributed by atoms with Crippen LogP contribution in [0.5, 0.6) is 0 Å².